The van der Waals surface area contributed by atoms with E-state index in [1.54, 1.807) is 12.1 Å². The maximum Gasteiger partial charge on any atom is 0.123 e. The standard InChI is InChI=1S/C17H19ClFNO/c1-2-16(20)10-13-9-14(18)6-7-17(13)21-11-12-4-3-5-15(19)8-12/h3-9,16H,2,10-11,20H2,1H3. The maximum absolute atomic E-state index is 13.2. The molecular formula is C17H19ClFNO. The van der Waals surface area contributed by atoms with Gasteiger partial charge in [-0.3, -0.25) is 0 Å². The Labute approximate surface area is 129 Å². The molecule has 2 rings (SSSR count). The Morgan fingerprint density at radius 2 is 2.05 bits per heavy atom. The lowest BCUT2D eigenvalue weighted by Gasteiger charge is -2.15. The van der Waals surface area contributed by atoms with E-state index in [9.17, 15) is 4.39 Å². The average Bonchev–Trinajstić information content (AvgIpc) is 2.46. The molecule has 112 valence electrons. The largest absolute Gasteiger partial charge is 0.489 e. The predicted molar refractivity (Wildman–Crippen MR) is 84.2 cm³/mol. The molecule has 0 spiro atoms. The zero-order chi connectivity index (χ0) is 15.2. The van der Waals surface area contributed by atoms with E-state index >= 15 is 0 Å². The van der Waals surface area contributed by atoms with E-state index in [0.29, 0.717) is 18.1 Å². The Balaban J connectivity index is 2.11. The SMILES string of the molecule is CCC(N)Cc1cc(Cl)ccc1OCc1cccc(F)c1. The third-order valence-corrected chi connectivity index (χ3v) is 3.55. The van der Waals surface area contributed by atoms with Gasteiger partial charge in [-0.15, -0.1) is 0 Å². The minimum Gasteiger partial charge on any atom is -0.489 e. The van der Waals surface area contributed by atoms with Crippen LogP contribution in [-0.2, 0) is 13.0 Å². The van der Waals surface area contributed by atoms with Crippen LogP contribution in [0.15, 0.2) is 42.5 Å². The number of rotatable bonds is 6. The average molecular weight is 308 g/mol. The predicted octanol–water partition coefficient (Wildman–Crippen LogP) is 4.34. The number of ether oxygens (including phenoxy) is 1. The molecule has 2 nitrogen and oxygen atoms in total. The Kier molecular flexibility index (Phi) is 5.59. The molecule has 0 aliphatic carbocycles. The number of hydrogen-bond acceptors (Lipinski definition) is 2. The third kappa shape index (κ3) is 4.73. The number of hydrogen-bond donors (Lipinski definition) is 1. The molecule has 0 aromatic heterocycles. The molecule has 2 N–H and O–H groups in total. The number of benzene rings is 2. The van der Waals surface area contributed by atoms with E-state index in [2.05, 4.69) is 0 Å². The molecule has 0 fully saturated rings. The molecular weight excluding hydrogens is 289 g/mol. The topological polar surface area (TPSA) is 35.2 Å². The molecule has 1 atom stereocenters. The van der Waals surface area contributed by atoms with Gasteiger partial charge in [-0.25, -0.2) is 4.39 Å². The summed E-state index contributed by atoms with van der Waals surface area (Å²) >= 11 is 6.04. The summed E-state index contributed by atoms with van der Waals surface area (Å²) in [6, 6.07) is 11.9. The van der Waals surface area contributed by atoms with Gasteiger partial charge < -0.3 is 10.5 Å². The Morgan fingerprint density at radius 3 is 2.76 bits per heavy atom. The van der Waals surface area contributed by atoms with Gasteiger partial charge >= 0.3 is 0 Å². The lowest BCUT2D eigenvalue weighted by Crippen LogP contribution is -2.21. The fourth-order valence-electron chi connectivity index (χ4n) is 2.06. The normalized spacial score (nSPS) is 12.2. The van der Waals surface area contributed by atoms with E-state index in [1.165, 1.54) is 12.1 Å². The molecule has 0 aliphatic heterocycles. The number of halogens is 2. The van der Waals surface area contributed by atoms with Gasteiger partial charge in [-0.05, 0) is 54.3 Å². The van der Waals surface area contributed by atoms with E-state index in [-0.39, 0.29) is 11.9 Å². The summed E-state index contributed by atoms with van der Waals surface area (Å²) < 4.78 is 19.0. The molecule has 2 aromatic carbocycles. The highest BCUT2D eigenvalue weighted by Gasteiger charge is 2.09. The highest BCUT2D eigenvalue weighted by molar-refractivity contribution is 6.30. The van der Waals surface area contributed by atoms with Crippen LogP contribution < -0.4 is 10.5 Å². The summed E-state index contributed by atoms with van der Waals surface area (Å²) in [5, 5.41) is 0.659. The summed E-state index contributed by atoms with van der Waals surface area (Å²) in [6.07, 6.45) is 1.59. The van der Waals surface area contributed by atoms with Crippen molar-refractivity contribution in [2.45, 2.75) is 32.4 Å². The van der Waals surface area contributed by atoms with Crippen LogP contribution in [0.2, 0.25) is 5.02 Å². The second-order valence-electron chi connectivity index (χ2n) is 5.04. The Bertz CT molecular complexity index is 603. The van der Waals surface area contributed by atoms with Gasteiger partial charge in [0.15, 0.2) is 0 Å². The van der Waals surface area contributed by atoms with Crippen molar-refractivity contribution in [2.24, 2.45) is 5.73 Å². The van der Waals surface area contributed by atoms with Gasteiger partial charge in [0.05, 0.1) is 0 Å². The molecule has 0 aliphatic rings. The van der Waals surface area contributed by atoms with Gasteiger partial charge in [-0.1, -0.05) is 30.7 Å². The van der Waals surface area contributed by atoms with Gasteiger partial charge in [0, 0.05) is 11.1 Å². The van der Waals surface area contributed by atoms with E-state index in [0.717, 1.165) is 23.3 Å². The molecule has 0 saturated carbocycles. The van der Waals surface area contributed by atoms with Crippen molar-refractivity contribution in [2.75, 3.05) is 0 Å². The first kappa shape index (κ1) is 15.8. The second kappa shape index (κ2) is 7.43. The van der Waals surface area contributed by atoms with Crippen LogP contribution in [0.1, 0.15) is 24.5 Å². The lowest BCUT2D eigenvalue weighted by molar-refractivity contribution is 0.301. The van der Waals surface area contributed by atoms with Crippen molar-refractivity contribution in [1.82, 2.24) is 0 Å². The van der Waals surface area contributed by atoms with E-state index in [1.807, 2.05) is 25.1 Å². The minimum atomic E-state index is -0.263. The quantitative estimate of drug-likeness (QED) is 0.861. The first-order chi connectivity index (χ1) is 10.1. The molecule has 0 saturated heterocycles. The zero-order valence-electron chi connectivity index (χ0n) is 12.0. The van der Waals surface area contributed by atoms with Crippen LogP contribution >= 0.6 is 11.6 Å². The third-order valence-electron chi connectivity index (χ3n) is 3.31. The van der Waals surface area contributed by atoms with Gasteiger partial charge in [0.1, 0.15) is 18.2 Å². The first-order valence-corrected chi connectivity index (χ1v) is 7.37. The molecule has 21 heavy (non-hydrogen) atoms. The van der Waals surface area contributed by atoms with Gasteiger partial charge in [-0.2, -0.15) is 0 Å². The second-order valence-corrected chi connectivity index (χ2v) is 5.48. The van der Waals surface area contributed by atoms with Crippen molar-refractivity contribution in [3.05, 3.63) is 64.4 Å². The molecule has 1 unspecified atom stereocenters. The molecule has 4 heteroatoms. The highest BCUT2D eigenvalue weighted by atomic mass is 35.5. The zero-order valence-corrected chi connectivity index (χ0v) is 12.7. The van der Waals surface area contributed by atoms with Gasteiger partial charge in [0.25, 0.3) is 0 Å². The van der Waals surface area contributed by atoms with E-state index < -0.39 is 0 Å². The van der Waals surface area contributed by atoms with Crippen LogP contribution in [0, 0.1) is 5.82 Å². The van der Waals surface area contributed by atoms with Crippen molar-refractivity contribution >= 4 is 11.6 Å². The molecule has 0 heterocycles. The fraction of sp³-hybridized carbons (Fsp3) is 0.294. The van der Waals surface area contributed by atoms with Crippen molar-refractivity contribution in [3.63, 3.8) is 0 Å². The van der Waals surface area contributed by atoms with Crippen LogP contribution in [0.3, 0.4) is 0 Å². The van der Waals surface area contributed by atoms with E-state index in [4.69, 9.17) is 22.1 Å². The van der Waals surface area contributed by atoms with Crippen molar-refractivity contribution < 1.29 is 9.13 Å². The van der Waals surface area contributed by atoms with Gasteiger partial charge in [0.2, 0.25) is 0 Å². The molecule has 0 bridgehead atoms. The summed E-state index contributed by atoms with van der Waals surface area (Å²) in [5.74, 6) is 0.480. The van der Waals surface area contributed by atoms with Crippen molar-refractivity contribution in [3.8, 4) is 5.75 Å². The maximum atomic E-state index is 13.2. The van der Waals surface area contributed by atoms with Crippen LogP contribution in [0.4, 0.5) is 4.39 Å². The Morgan fingerprint density at radius 1 is 1.24 bits per heavy atom. The minimum absolute atomic E-state index is 0.0694. The summed E-state index contributed by atoms with van der Waals surface area (Å²) in [5.41, 5.74) is 7.77. The fourth-order valence-corrected chi connectivity index (χ4v) is 2.26. The molecule has 0 amide bonds. The Hall–Kier alpha value is -1.58. The lowest BCUT2D eigenvalue weighted by atomic mass is 10.0. The van der Waals surface area contributed by atoms with Crippen molar-refractivity contribution in [1.29, 1.82) is 0 Å². The smallest absolute Gasteiger partial charge is 0.123 e. The molecule has 2 aromatic rings. The summed E-state index contributed by atoms with van der Waals surface area (Å²) in [7, 11) is 0. The number of nitrogens with two attached hydrogens (primary N) is 1. The first-order valence-electron chi connectivity index (χ1n) is 6.99. The van der Waals surface area contributed by atoms with Crippen LogP contribution in [0.5, 0.6) is 5.75 Å². The molecule has 0 radical (unpaired) electrons. The van der Waals surface area contributed by atoms with Crippen LogP contribution in [-0.4, -0.2) is 6.04 Å². The monoisotopic (exact) mass is 307 g/mol. The van der Waals surface area contributed by atoms with Crippen LogP contribution in [0.25, 0.3) is 0 Å². The summed E-state index contributed by atoms with van der Waals surface area (Å²) in [4.78, 5) is 0. The highest BCUT2D eigenvalue weighted by Crippen LogP contribution is 2.25. The summed E-state index contributed by atoms with van der Waals surface area (Å²) in [6.45, 7) is 2.36.